The number of benzene rings is 1. The Labute approximate surface area is 135 Å². The van der Waals surface area contributed by atoms with Gasteiger partial charge in [0.2, 0.25) is 5.91 Å². The van der Waals surface area contributed by atoms with Crippen LogP contribution in [0, 0.1) is 12.8 Å². The van der Waals surface area contributed by atoms with E-state index in [1.807, 2.05) is 20.8 Å². The van der Waals surface area contributed by atoms with Crippen molar-refractivity contribution in [3.8, 4) is 5.75 Å². The monoisotopic (exact) mass is 336 g/mol. The molecule has 0 radical (unpaired) electrons. The highest BCUT2D eigenvalue weighted by Gasteiger charge is 2.16. The van der Waals surface area contributed by atoms with Crippen LogP contribution in [0.2, 0.25) is 0 Å². The summed E-state index contributed by atoms with van der Waals surface area (Å²) in [6.45, 7) is 2.99. The van der Waals surface area contributed by atoms with Crippen LogP contribution in [-0.2, 0) is 11.3 Å². The number of rotatable bonds is 7. The molecule has 0 saturated carbocycles. The number of carbonyl (C=O) groups is 1. The van der Waals surface area contributed by atoms with Gasteiger partial charge >= 0.3 is 6.61 Å². The molecule has 3 N–H and O–H groups in total. The summed E-state index contributed by atoms with van der Waals surface area (Å²) in [5, 5.41) is 2.66. The number of hydrogen-bond acceptors (Lipinski definition) is 3. The number of aryl methyl sites for hydroxylation is 1. The van der Waals surface area contributed by atoms with Crippen molar-refractivity contribution in [3.05, 3.63) is 29.3 Å². The minimum atomic E-state index is -2.90. The van der Waals surface area contributed by atoms with Gasteiger partial charge in [0.1, 0.15) is 5.75 Å². The highest BCUT2D eigenvalue weighted by atomic mass is 35.5. The first kappa shape index (κ1) is 20.6. The van der Waals surface area contributed by atoms with Crippen molar-refractivity contribution in [3.63, 3.8) is 0 Å². The molecule has 0 bridgehead atoms. The first-order valence-corrected chi connectivity index (χ1v) is 6.87. The van der Waals surface area contributed by atoms with Gasteiger partial charge < -0.3 is 15.8 Å². The molecule has 1 aromatic rings. The number of halogens is 3. The van der Waals surface area contributed by atoms with Crippen molar-refractivity contribution in [2.24, 2.45) is 11.7 Å². The third-order valence-electron chi connectivity index (χ3n) is 2.95. The van der Waals surface area contributed by atoms with Gasteiger partial charge in [0, 0.05) is 12.1 Å². The summed E-state index contributed by atoms with van der Waals surface area (Å²) < 4.78 is 29.1. The molecular formula is C15H23ClF2N2O2. The van der Waals surface area contributed by atoms with Crippen molar-refractivity contribution in [1.29, 1.82) is 0 Å². The number of alkyl halides is 2. The van der Waals surface area contributed by atoms with Crippen molar-refractivity contribution >= 4 is 18.3 Å². The normalized spacial score (nSPS) is 12.0. The van der Waals surface area contributed by atoms with Gasteiger partial charge in [-0.2, -0.15) is 8.78 Å². The molecule has 1 rings (SSSR count). The van der Waals surface area contributed by atoms with Crippen molar-refractivity contribution in [2.75, 3.05) is 0 Å². The fourth-order valence-corrected chi connectivity index (χ4v) is 1.99. The van der Waals surface area contributed by atoms with Crippen LogP contribution >= 0.6 is 12.4 Å². The molecule has 0 fully saturated rings. The number of amides is 1. The molecule has 0 aromatic heterocycles. The van der Waals surface area contributed by atoms with Crippen LogP contribution in [0.1, 0.15) is 31.4 Å². The van der Waals surface area contributed by atoms with E-state index in [1.165, 1.54) is 6.07 Å². The van der Waals surface area contributed by atoms with Crippen LogP contribution in [0.3, 0.4) is 0 Å². The smallest absolute Gasteiger partial charge is 0.387 e. The van der Waals surface area contributed by atoms with Crippen LogP contribution in [-0.4, -0.2) is 18.6 Å². The standard InChI is InChI=1S/C15H22F2N2O2.ClH/c1-9(2)6-12(18)14(20)19-8-11-7-10(3)4-5-13(11)21-15(16)17;/h4-5,7,9,12,15H,6,8,18H2,1-3H3,(H,19,20);1H/t12-;/m0./s1. The average molecular weight is 337 g/mol. The van der Waals surface area contributed by atoms with Gasteiger partial charge in [0.05, 0.1) is 6.04 Å². The van der Waals surface area contributed by atoms with E-state index in [0.29, 0.717) is 17.9 Å². The zero-order valence-corrected chi connectivity index (χ0v) is 13.8. The Kier molecular flexibility index (Phi) is 8.97. The maximum atomic E-state index is 12.3. The van der Waals surface area contributed by atoms with Gasteiger partial charge in [-0.05, 0) is 25.3 Å². The summed E-state index contributed by atoms with van der Waals surface area (Å²) in [5.74, 6) is 0.0731. The summed E-state index contributed by atoms with van der Waals surface area (Å²) in [4.78, 5) is 11.8. The van der Waals surface area contributed by atoms with E-state index in [0.717, 1.165) is 5.56 Å². The largest absolute Gasteiger partial charge is 0.434 e. The zero-order chi connectivity index (χ0) is 16.0. The molecule has 22 heavy (non-hydrogen) atoms. The summed E-state index contributed by atoms with van der Waals surface area (Å²) in [6.07, 6.45) is 0.569. The maximum absolute atomic E-state index is 12.3. The van der Waals surface area contributed by atoms with E-state index in [1.54, 1.807) is 12.1 Å². The molecule has 0 aliphatic rings. The molecule has 1 amide bonds. The SMILES string of the molecule is Cc1ccc(OC(F)F)c(CNC(=O)[C@@H](N)CC(C)C)c1.Cl. The molecule has 0 heterocycles. The van der Waals surface area contributed by atoms with E-state index < -0.39 is 12.7 Å². The van der Waals surface area contributed by atoms with E-state index in [4.69, 9.17) is 5.73 Å². The van der Waals surface area contributed by atoms with E-state index in [9.17, 15) is 13.6 Å². The Hall–Kier alpha value is -1.40. The Bertz CT molecular complexity index is 485. The average Bonchev–Trinajstić information content (AvgIpc) is 2.37. The van der Waals surface area contributed by atoms with Gasteiger partial charge in [-0.3, -0.25) is 4.79 Å². The summed E-state index contributed by atoms with van der Waals surface area (Å²) >= 11 is 0. The second kappa shape index (κ2) is 9.58. The third kappa shape index (κ3) is 7.04. The topological polar surface area (TPSA) is 64.3 Å². The molecule has 0 aliphatic heterocycles. The van der Waals surface area contributed by atoms with E-state index in [-0.39, 0.29) is 30.6 Å². The van der Waals surface area contributed by atoms with Crippen LogP contribution in [0.5, 0.6) is 5.75 Å². The molecular weight excluding hydrogens is 314 g/mol. The second-order valence-electron chi connectivity index (χ2n) is 5.44. The van der Waals surface area contributed by atoms with Crippen molar-refractivity contribution in [1.82, 2.24) is 5.32 Å². The van der Waals surface area contributed by atoms with Crippen LogP contribution < -0.4 is 15.8 Å². The van der Waals surface area contributed by atoms with Gasteiger partial charge in [-0.15, -0.1) is 12.4 Å². The van der Waals surface area contributed by atoms with Crippen molar-refractivity contribution in [2.45, 2.75) is 46.4 Å². The first-order valence-electron chi connectivity index (χ1n) is 6.87. The van der Waals surface area contributed by atoms with Gasteiger partial charge in [0.15, 0.2) is 0 Å². The minimum absolute atomic E-state index is 0. The molecule has 1 aromatic carbocycles. The summed E-state index contributed by atoms with van der Waals surface area (Å²) in [6, 6.07) is 4.24. The number of nitrogens with two attached hydrogens (primary N) is 1. The maximum Gasteiger partial charge on any atom is 0.387 e. The molecule has 0 saturated heterocycles. The first-order chi connectivity index (χ1) is 9.79. The second-order valence-corrected chi connectivity index (χ2v) is 5.44. The molecule has 126 valence electrons. The molecule has 1 atom stereocenters. The summed E-state index contributed by atoms with van der Waals surface area (Å²) in [7, 11) is 0. The zero-order valence-electron chi connectivity index (χ0n) is 12.9. The molecule has 0 spiro atoms. The highest BCUT2D eigenvalue weighted by Crippen LogP contribution is 2.22. The van der Waals surface area contributed by atoms with E-state index in [2.05, 4.69) is 10.1 Å². The predicted octanol–water partition coefficient (Wildman–Crippen LogP) is 3.01. The lowest BCUT2D eigenvalue weighted by Crippen LogP contribution is -2.41. The fourth-order valence-electron chi connectivity index (χ4n) is 1.99. The van der Waals surface area contributed by atoms with Crippen molar-refractivity contribution < 1.29 is 18.3 Å². The van der Waals surface area contributed by atoms with Gasteiger partial charge in [0.25, 0.3) is 0 Å². The lowest BCUT2D eigenvalue weighted by atomic mass is 10.0. The molecule has 7 heteroatoms. The van der Waals surface area contributed by atoms with Crippen LogP contribution in [0.4, 0.5) is 8.78 Å². The summed E-state index contributed by atoms with van der Waals surface area (Å²) in [5.41, 5.74) is 7.16. The molecule has 0 unspecified atom stereocenters. The predicted molar refractivity (Wildman–Crippen MR) is 84.3 cm³/mol. The fraction of sp³-hybridized carbons (Fsp3) is 0.533. The Morgan fingerprint density at radius 1 is 1.36 bits per heavy atom. The molecule has 4 nitrogen and oxygen atoms in total. The Morgan fingerprint density at radius 3 is 2.55 bits per heavy atom. The number of carbonyl (C=O) groups excluding carboxylic acids is 1. The van der Waals surface area contributed by atoms with Gasteiger partial charge in [-0.25, -0.2) is 0 Å². The van der Waals surface area contributed by atoms with Crippen LogP contribution in [0.15, 0.2) is 18.2 Å². The molecule has 0 aliphatic carbocycles. The third-order valence-corrected chi connectivity index (χ3v) is 2.95. The Morgan fingerprint density at radius 2 is 2.00 bits per heavy atom. The number of nitrogens with one attached hydrogen (secondary N) is 1. The lowest BCUT2D eigenvalue weighted by molar-refractivity contribution is -0.122. The van der Waals surface area contributed by atoms with E-state index >= 15 is 0 Å². The Balaban J connectivity index is 0.00000441. The minimum Gasteiger partial charge on any atom is -0.434 e. The number of hydrogen-bond donors (Lipinski definition) is 2. The van der Waals surface area contributed by atoms with Crippen LogP contribution in [0.25, 0.3) is 0 Å². The lowest BCUT2D eigenvalue weighted by Gasteiger charge is -2.16. The van der Waals surface area contributed by atoms with Gasteiger partial charge in [-0.1, -0.05) is 31.5 Å². The highest BCUT2D eigenvalue weighted by molar-refractivity contribution is 5.85. The quantitative estimate of drug-likeness (QED) is 0.804. The number of ether oxygens (including phenoxy) is 1.